The first-order valence-corrected chi connectivity index (χ1v) is 15.6. The maximum atomic E-state index is 13.3. The first-order valence-electron chi connectivity index (χ1n) is 13.8. The summed E-state index contributed by atoms with van der Waals surface area (Å²) in [5.41, 5.74) is 12.8. The zero-order valence-electron chi connectivity index (χ0n) is 23.5. The Kier molecular flexibility index (Phi) is 7.90. The van der Waals surface area contributed by atoms with Gasteiger partial charge in [0.05, 0.1) is 48.2 Å². The van der Waals surface area contributed by atoms with Crippen molar-refractivity contribution in [3.63, 3.8) is 0 Å². The van der Waals surface area contributed by atoms with E-state index in [1.807, 2.05) is 6.07 Å². The Balaban J connectivity index is 1.22. The van der Waals surface area contributed by atoms with Crippen LogP contribution in [0.3, 0.4) is 0 Å². The van der Waals surface area contributed by atoms with Gasteiger partial charge in [-0.15, -0.1) is 0 Å². The summed E-state index contributed by atoms with van der Waals surface area (Å²) in [6.07, 6.45) is 5.24. The zero-order valence-corrected chi connectivity index (χ0v) is 25.1. The van der Waals surface area contributed by atoms with E-state index in [9.17, 15) is 8.42 Å². The number of morpholine rings is 1. The van der Waals surface area contributed by atoms with Crippen molar-refractivity contribution in [2.24, 2.45) is 0 Å². The lowest BCUT2D eigenvalue weighted by Crippen LogP contribution is -2.35. The van der Waals surface area contributed by atoms with Crippen LogP contribution in [0.5, 0.6) is 0 Å². The Labute approximate surface area is 250 Å². The van der Waals surface area contributed by atoms with Crippen LogP contribution in [0.15, 0.2) is 53.8 Å². The summed E-state index contributed by atoms with van der Waals surface area (Å²) in [7, 11) is -1.89. The first kappa shape index (κ1) is 28.6. The number of anilines is 2. The lowest BCUT2D eigenvalue weighted by atomic mass is 9.92. The van der Waals surface area contributed by atoms with Gasteiger partial charge in [0.25, 0.3) is 10.0 Å². The van der Waals surface area contributed by atoms with Crippen molar-refractivity contribution < 1.29 is 13.2 Å². The van der Waals surface area contributed by atoms with E-state index >= 15 is 0 Å². The topological polar surface area (TPSA) is 132 Å². The maximum Gasteiger partial charge on any atom is 0.265 e. The number of hydrogen-bond acceptors (Lipinski definition) is 9. The van der Waals surface area contributed by atoms with Crippen LogP contribution in [0.4, 0.5) is 11.5 Å². The molecule has 0 bridgehead atoms. The molecule has 0 radical (unpaired) electrons. The van der Waals surface area contributed by atoms with Gasteiger partial charge in [-0.25, -0.2) is 23.1 Å². The minimum absolute atomic E-state index is 0.0600. The second-order valence-corrected chi connectivity index (χ2v) is 12.9. The lowest BCUT2D eigenvalue weighted by Gasteiger charge is -2.27. The Morgan fingerprint density at radius 1 is 1.12 bits per heavy atom. The van der Waals surface area contributed by atoms with Crippen LogP contribution in [-0.4, -0.2) is 77.9 Å². The number of nitrogens with one attached hydrogen (secondary N) is 1. The van der Waals surface area contributed by atoms with E-state index < -0.39 is 10.0 Å². The van der Waals surface area contributed by atoms with E-state index in [1.165, 1.54) is 33.8 Å². The van der Waals surface area contributed by atoms with Gasteiger partial charge in [0.1, 0.15) is 4.90 Å². The number of benzene rings is 2. The highest BCUT2D eigenvalue weighted by Gasteiger charge is 2.22. The molecule has 1 saturated heterocycles. The molecule has 4 heterocycles. The summed E-state index contributed by atoms with van der Waals surface area (Å²) < 4.78 is 35.8. The van der Waals surface area contributed by atoms with Crippen LogP contribution in [-0.2, 0) is 34.3 Å². The maximum absolute atomic E-state index is 13.3. The molecular weight excluding hydrogens is 576 g/mol. The van der Waals surface area contributed by atoms with Gasteiger partial charge in [-0.1, -0.05) is 17.7 Å². The number of likely N-dealkylation sites (N-methyl/N-ethyl adjacent to an activating group) is 1. The summed E-state index contributed by atoms with van der Waals surface area (Å²) >= 11 is 6.47. The van der Waals surface area contributed by atoms with E-state index in [-0.39, 0.29) is 22.2 Å². The molecule has 42 heavy (non-hydrogen) atoms. The molecule has 0 spiro atoms. The fourth-order valence-electron chi connectivity index (χ4n) is 5.43. The highest BCUT2D eigenvalue weighted by molar-refractivity contribution is 7.92. The first-order chi connectivity index (χ1) is 20.2. The van der Waals surface area contributed by atoms with Gasteiger partial charge in [-0.2, -0.15) is 5.10 Å². The number of sulfonamides is 1. The van der Waals surface area contributed by atoms with Crippen LogP contribution >= 0.6 is 11.6 Å². The lowest BCUT2D eigenvalue weighted by molar-refractivity contribution is 0.0342. The molecule has 4 aromatic rings. The molecule has 0 atom stereocenters. The van der Waals surface area contributed by atoms with Crippen molar-refractivity contribution in [3.8, 4) is 17.1 Å². The molecular formula is C29H33ClN8O3S. The second kappa shape index (κ2) is 11.6. The number of nitrogen functional groups attached to an aromatic ring is 1. The smallest absolute Gasteiger partial charge is 0.265 e. The van der Waals surface area contributed by atoms with E-state index in [0.717, 1.165) is 43.7 Å². The van der Waals surface area contributed by atoms with Crippen LogP contribution < -0.4 is 10.5 Å². The van der Waals surface area contributed by atoms with Gasteiger partial charge in [0, 0.05) is 38.3 Å². The summed E-state index contributed by atoms with van der Waals surface area (Å²) in [5, 5.41) is 4.56. The van der Waals surface area contributed by atoms with Crippen molar-refractivity contribution in [3.05, 3.63) is 76.2 Å². The highest BCUT2D eigenvalue weighted by atomic mass is 35.5. The average Bonchev–Trinajstić information content (AvgIpc) is 3.46. The largest absolute Gasteiger partial charge is 0.381 e. The molecule has 0 saturated carbocycles. The number of aromatic nitrogens is 4. The van der Waals surface area contributed by atoms with E-state index in [0.29, 0.717) is 30.5 Å². The summed E-state index contributed by atoms with van der Waals surface area (Å²) in [6.45, 7) is 7.82. The molecule has 0 unspecified atom stereocenters. The van der Waals surface area contributed by atoms with Crippen LogP contribution in [0, 0.1) is 6.92 Å². The quantitative estimate of drug-likeness (QED) is 0.324. The fraction of sp³-hybridized carbons (Fsp3) is 0.345. The van der Waals surface area contributed by atoms with Crippen molar-refractivity contribution in [1.29, 1.82) is 0 Å². The molecule has 1 fully saturated rings. The number of nitrogens with two attached hydrogens (primary N) is 1. The van der Waals surface area contributed by atoms with E-state index in [1.54, 1.807) is 18.3 Å². The van der Waals surface area contributed by atoms with Crippen LogP contribution in [0.2, 0.25) is 5.02 Å². The molecule has 13 heteroatoms. The van der Waals surface area contributed by atoms with Crippen LogP contribution in [0.25, 0.3) is 17.1 Å². The third kappa shape index (κ3) is 5.99. The molecule has 6 rings (SSSR count). The molecule has 220 valence electrons. The predicted molar refractivity (Wildman–Crippen MR) is 162 cm³/mol. The summed E-state index contributed by atoms with van der Waals surface area (Å²) in [5.74, 6) is 0.374. The standard InChI is InChI=1S/C29H33ClN8O3S/c1-19-11-21(13-22-17-36(2)6-5-24(19)22)27-15-32-28(31)29(34-27)38-18-23(14-33-38)42(39,40)35-26-4-3-20(12-25(26)30)16-37-7-9-41-10-8-37/h3-4,11-15,18,35H,5-10,16-17H2,1-2H3,(H2,31,32). The minimum atomic E-state index is -4.00. The Morgan fingerprint density at radius 3 is 2.71 bits per heavy atom. The third-order valence-electron chi connectivity index (χ3n) is 7.70. The Bertz CT molecular complexity index is 1740. The van der Waals surface area contributed by atoms with Gasteiger partial charge >= 0.3 is 0 Å². The number of hydrogen-bond donors (Lipinski definition) is 2. The Morgan fingerprint density at radius 2 is 1.93 bits per heavy atom. The molecule has 3 N–H and O–H groups in total. The number of nitrogens with zero attached hydrogens (tertiary/aromatic N) is 6. The van der Waals surface area contributed by atoms with E-state index in [2.05, 4.69) is 50.7 Å². The number of rotatable bonds is 7. The van der Waals surface area contributed by atoms with Crippen molar-refractivity contribution >= 4 is 33.1 Å². The number of aryl methyl sites for hydroxylation is 1. The van der Waals surface area contributed by atoms with Crippen molar-refractivity contribution in [1.82, 2.24) is 29.5 Å². The molecule has 2 aliphatic rings. The Hall–Kier alpha value is -3.55. The van der Waals surface area contributed by atoms with Gasteiger partial charge < -0.3 is 15.4 Å². The number of halogens is 1. The van der Waals surface area contributed by atoms with Gasteiger partial charge in [-0.3, -0.25) is 9.62 Å². The van der Waals surface area contributed by atoms with Gasteiger partial charge in [0.2, 0.25) is 0 Å². The van der Waals surface area contributed by atoms with Crippen molar-refractivity contribution in [2.75, 3.05) is 50.4 Å². The SMILES string of the molecule is Cc1cc(-c2cnc(N)c(-n3cc(S(=O)(=O)Nc4ccc(CN5CCOCC5)cc4Cl)cn3)n2)cc2c1CCN(C)C2. The molecule has 2 aliphatic heterocycles. The molecule has 11 nitrogen and oxygen atoms in total. The van der Waals surface area contributed by atoms with Gasteiger partial charge in [-0.05, 0) is 66.9 Å². The zero-order chi connectivity index (χ0) is 29.4. The summed E-state index contributed by atoms with van der Waals surface area (Å²) in [4.78, 5) is 13.6. The van der Waals surface area contributed by atoms with E-state index in [4.69, 9.17) is 27.1 Å². The highest BCUT2D eigenvalue weighted by Crippen LogP contribution is 2.30. The van der Waals surface area contributed by atoms with Crippen LogP contribution in [0.1, 0.15) is 22.3 Å². The minimum Gasteiger partial charge on any atom is -0.381 e. The normalized spacial score (nSPS) is 16.4. The molecule has 0 aliphatic carbocycles. The summed E-state index contributed by atoms with van der Waals surface area (Å²) in [6, 6.07) is 9.56. The van der Waals surface area contributed by atoms with Gasteiger partial charge in [0.15, 0.2) is 11.6 Å². The average molecular weight is 609 g/mol. The molecule has 2 aromatic carbocycles. The monoisotopic (exact) mass is 608 g/mol. The van der Waals surface area contributed by atoms with Crippen molar-refractivity contribution in [2.45, 2.75) is 31.3 Å². The predicted octanol–water partition coefficient (Wildman–Crippen LogP) is 3.49. The fourth-order valence-corrected chi connectivity index (χ4v) is 6.74. The molecule has 0 amide bonds. The third-order valence-corrected chi connectivity index (χ3v) is 9.33. The molecule has 2 aromatic heterocycles. The number of fused-ring (bicyclic) bond motifs is 1. The number of ether oxygens (including phenoxy) is 1. The second-order valence-electron chi connectivity index (χ2n) is 10.8.